The molecule has 0 aliphatic rings. The number of carbonyl (C=O) groups is 1. The van der Waals surface area contributed by atoms with Crippen LogP contribution in [-0.2, 0) is 0 Å². The topological polar surface area (TPSA) is 90.7 Å². The highest BCUT2D eigenvalue weighted by molar-refractivity contribution is 7.99. The van der Waals surface area contributed by atoms with Crippen LogP contribution in [0.25, 0.3) is 10.9 Å². The highest BCUT2D eigenvalue weighted by Gasteiger charge is 2.16. The number of aromatic nitrogens is 2. The summed E-state index contributed by atoms with van der Waals surface area (Å²) in [6.07, 6.45) is 2.94. The lowest BCUT2D eigenvalue weighted by Crippen LogP contribution is -1.93. The highest BCUT2D eigenvalue weighted by atomic mass is 32.2. The quantitative estimate of drug-likeness (QED) is 0.450. The molecule has 1 amide bonds. The molecule has 0 aliphatic carbocycles. The lowest BCUT2D eigenvalue weighted by atomic mass is 10.2. The zero-order valence-electron chi connectivity index (χ0n) is 14.3. The molecule has 4 rings (SSSR count). The van der Waals surface area contributed by atoms with E-state index in [2.05, 4.69) is 20.2 Å². The molecule has 0 radical (unpaired) electrons. The van der Waals surface area contributed by atoms with Crippen LogP contribution in [-0.4, -0.2) is 21.0 Å². The number of hydrogen-bond donors (Lipinski definition) is 2. The van der Waals surface area contributed by atoms with Crippen LogP contribution in [0.1, 0.15) is 10.4 Å². The maximum Gasteiger partial charge on any atom is 0.296 e. The predicted molar refractivity (Wildman–Crippen MR) is 104 cm³/mol. The minimum Gasteiger partial charge on any atom is -0.493 e. The van der Waals surface area contributed by atoms with Gasteiger partial charge >= 0.3 is 0 Å². The first kappa shape index (κ1) is 17.9. The molecule has 2 aromatic carbocycles. The van der Waals surface area contributed by atoms with E-state index in [0.717, 1.165) is 4.90 Å². The standard InChI is InChI=1S/C20H13FN4O2S/c21-13-5-1-6-14(10-13)28-16-8-2-7-15-17(16)18(20(27)23-15)24-25-19(26)12-4-3-9-22-11-12/h1-11,23,27H. The number of amides is 1. The second kappa shape index (κ2) is 7.61. The summed E-state index contributed by atoms with van der Waals surface area (Å²) in [7, 11) is 0. The molecular formula is C20H13FN4O2S. The minimum absolute atomic E-state index is 0.145. The summed E-state index contributed by atoms with van der Waals surface area (Å²) in [5.74, 6) is -1.11. The molecule has 2 N–H and O–H groups in total. The average molecular weight is 392 g/mol. The van der Waals surface area contributed by atoms with Crippen LogP contribution in [0.3, 0.4) is 0 Å². The molecule has 138 valence electrons. The van der Waals surface area contributed by atoms with Gasteiger partial charge < -0.3 is 10.1 Å². The minimum atomic E-state index is -0.572. The van der Waals surface area contributed by atoms with Crippen molar-refractivity contribution in [3.8, 4) is 5.88 Å². The third-order valence-corrected chi connectivity index (χ3v) is 4.96. The van der Waals surface area contributed by atoms with Gasteiger partial charge in [-0.05, 0) is 42.5 Å². The van der Waals surface area contributed by atoms with Crippen molar-refractivity contribution in [2.24, 2.45) is 10.2 Å². The molecule has 8 heteroatoms. The van der Waals surface area contributed by atoms with E-state index in [0.29, 0.717) is 21.4 Å². The molecule has 2 heterocycles. The lowest BCUT2D eigenvalue weighted by molar-refractivity contribution is 0.0994. The Morgan fingerprint density at radius 2 is 2.00 bits per heavy atom. The first-order valence-electron chi connectivity index (χ1n) is 8.25. The summed E-state index contributed by atoms with van der Waals surface area (Å²) in [5.41, 5.74) is 1.06. The fraction of sp³-hybridized carbons (Fsp3) is 0. The van der Waals surface area contributed by atoms with E-state index in [1.54, 1.807) is 36.5 Å². The molecule has 0 unspecified atom stereocenters. The van der Waals surface area contributed by atoms with Gasteiger partial charge in [-0.15, -0.1) is 10.2 Å². The molecule has 0 saturated heterocycles. The number of pyridine rings is 1. The largest absolute Gasteiger partial charge is 0.493 e. The summed E-state index contributed by atoms with van der Waals surface area (Å²) in [6.45, 7) is 0. The van der Waals surface area contributed by atoms with Crippen molar-refractivity contribution in [2.45, 2.75) is 9.79 Å². The zero-order chi connectivity index (χ0) is 19.5. The fourth-order valence-corrected chi connectivity index (χ4v) is 3.69. The van der Waals surface area contributed by atoms with Gasteiger partial charge in [0, 0.05) is 27.6 Å². The summed E-state index contributed by atoms with van der Waals surface area (Å²) in [5, 5.41) is 18.5. The van der Waals surface area contributed by atoms with Gasteiger partial charge in [0.2, 0.25) is 5.88 Å². The normalized spacial score (nSPS) is 11.3. The number of hydrogen-bond acceptors (Lipinski definition) is 5. The second-order valence-corrected chi connectivity index (χ2v) is 6.92. The highest BCUT2D eigenvalue weighted by Crippen LogP contribution is 2.43. The van der Waals surface area contributed by atoms with E-state index < -0.39 is 5.91 Å². The lowest BCUT2D eigenvalue weighted by Gasteiger charge is -2.04. The summed E-state index contributed by atoms with van der Waals surface area (Å²) in [6, 6.07) is 14.8. The van der Waals surface area contributed by atoms with Gasteiger partial charge in [0.25, 0.3) is 5.91 Å². The molecule has 0 fully saturated rings. The van der Waals surface area contributed by atoms with Crippen molar-refractivity contribution < 1.29 is 14.3 Å². The summed E-state index contributed by atoms with van der Waals surface area (Å²) < 4.78 is 13.5. The van der Waals surface area contributed by atoms with Crippen LogP contribution in [0.4, 0.5) is 10.1 Å². The zero-order valence-corrected chi connectivity index (χ0v) is 15.2. The summed E-state index contributed by atoms with van der Waals surface area (Å²) in [4.78, 5) is 20.3. The van der Waals surface area contributed by atoms with E-state index in [4.69, 9.17) is 0 Å². The Labute approximate surface area is 163 Å². The van der Waals surface area contributed by atoms with Crippen molar-refractivity contribution in [3.05, 3.63) is 78.4 Å². The van der Waals surface area contributed by atoms with Crippen molar-refractivity contribution in [1.29, 1.82) is 0 Å². The molecule has 0 bridgehead atoms. The Balaban J connectivity index is 1.73. The molecule has 28 heavy (non-hydrogen) atoms. The van der Waals surface area contributed by atoms with Crippen LogP contribution in [0.5, 0.6) is 5.88 Å². The summed E-state index contributed by atoms with van der Waals surface area (Å²) >= 11 is 1.32. The second-order valence-electron chi connectivity index (χ2n) is 5.81. The number of rotatable bonds is 4. The Kier molecular flexibility index (Phi) is 4.86. The van der Waals surface area contributed by atoms with Gasteiger partial charge in [0.15, 0.2) is 5.69 Å². The van der Waals surface area contributed by atoms with Gasteiger partial charge in [0.1, 0.15) is 5.82 Å². The number of carbonyl (C=O) groups excluding carboxylic acids is 1. The van der Waals surface area contributed by atoms with E-state index in [9.17, 15) is 14.3 Å². The first-order valence-corrected chi connectivity index (χ1v) is 9.06. The van der Waals surface area contributed by atoms with Crippen molar-refractivity contribution in [1.82, 2.24) is 9.97 Å². The molecule has 0 aliphatic heterocycles. The molecule has 6 nitrogen and oxygen atoms in total. The van der Waals surface area contributed by atoms with Gasteiger partial charge in [-0.25, -0.2) is 4.39 Å². The van der Waals surface area contributed by atoms with E-state index in [1.807, 2.05) is 12.1 Å². The predicted octanol–water partition coefficient (Wildman–Crippen LogP) is 5.48. The molecule has 4 aromatic rings. The Morgan fingerprint density at radius 3 is 2.79 bits per heavy atom. The Hall–Kier alpha value is -3.52. The third-order valence-electron chi connectivity index (χ3n) is 3.91. The van der Waals surface area contributed by atoms with Crippen molar-refractivity contribution in [2.75, 3.05) is 0 Å². The maximum atomic E-state index is 13.5. The van der Waals surface area contributed by atoms with E-state index in [-0.39, 0.29) is 17.4 Å². The smallest absolute Gasteiger partial charge is 0.296 e. The van der Waals surface area contributed by atoms with Crippen molar-refractivity contribution >= 4 is 34.3 Å². The number of azo groups is 1. The number of H-pyrrole nitrogens is 1. The number of aromatic amines is 1. The molecule has 0 atom stereocenters. The van der Waals surface area contributed by atoms with Crippen molar-refractivity contribution in [3.63, 3.8) is 0 Å². The van der Waals surface area contributed by atoms with Crippen LogP contribution in [0.2, 0.25) is 0 Å². The number of nitrogens with zero attached hydrogens (tertiary/aromatic N) is 3. The number of benzene rings is 2. The Bertz CT molecular complexity index is 1190. The fourth-order valence-electron chi connectivity index (χ4n) is 2.67. The van der Waals surface area contributed by atoms with Crippen LogP contribution in [0.15, 0.2) is 87.0 Å². The van der Waals surface area contributed by atoms with E-state index in [1.165, 1.54) is 30.1 Å². The Morgan fingerprint density at radius 1 is 1.14 bits per heavy atom. The average Bonchev–Trinajstić information content (AvgIpc) is 3.03. The molecule has 0 saturated carbocycles. The van der Waals surface area contributed by atoms with Gasteiger partial charge in [-0.3, -0.25) is 9.78 Å². The molecule has 2 aromatic heterocycles. The third kappa shape index (κ3) is 3.63. The number of aromatic hydroxyl groups is 1. The van der Waals surface area contributed by atoms with Gasteiger partial charge in [0.05, 0.1) is 11.1 Å². The maximum absolute atomic E-state index is 13.5. The number of fused-ring (bicyclic) bond motifs is 1. The number of nitrogens with one attached hydrogen (secondary N) is 1. The van der Waals surface area contributed by atoms with Crippen LogP contribution >= 0.6 is 11.8 Å². The molecular weight excluding hydrogens is 379 g/mol. The van der Waals surface area contributed by atoms with Crippen LogP contribution in [0, 0.1) is 5.82 Å². The van der Waals surface area contributed by atoms with E-state index >= 15 is 0 Å². The number of halogens is 1. The monoisotopic (exact) mass is 392 g/mol. The first-order chi connectivity index (χ1) is 13.6. The van der Waals surface area contributed by atoms with Gasteiger partial charge in [-0.1, -0.05) is 23.9 Å². The van der Waals surface area contributed by atoms with Crippen LogP contribution < -0.4 is 0 Å². The molecule has 0 spiro atoms. The van der Waals surface area contributed by atoms with Gasteiger partial charge in [-0.2, -0.15) is 0 Å². The SMILES string of the molecule is O=C(N=Nc1c(O)[nH]c2cccc(Sc3cccc(F)c3)c12)c1cccnc1.